The summed E-state index contributed by atoms with van der Waals surface area (Å²) in [5.41, 5.74) is 0.379. The Labute approximate surface area is 149 Å². The van der Waals surface area contributed by atoms with Crippen LogP contribution in [0.5, 0.6) is 0 Å². The zero-order valence-corrected chi connectivity index (χ0v) is 15.5. The number of para-hydroxylation sites is 1. The molecule has 25 heavy (non-hydrogen) atoms. The Hall–Kier alpha value is -2.24. The molecule has 6 nitrogen and oxygen atoms in total. The van der Waals surface area contributed by atoms with Crippen molar-refractivity contribution in [3.8, 4) is 0 Å². The van der Waals surface area contributed by atoms with Crippen LogP contribution in [0, 0.1) is 5.92 Å². The number of nitrogens with one attached hydrogen (secondary N) is 1. The number of carbonyl (C=O) groups excluding carboxylic acids is 2. The Kier molecular flexibility index (Phi) is 6.28. The molecule has 1 atom stereocenters. The van der Waals surface area contributed by atoms with Crippen molar-refractivity contribution in [1.82, 2.24) is 4.90 Å². The van der Waals surface area contributed by atoms with Gasteiger partial charge in [-0.15, -0.1) is 0 Å². The molecule has 0 aromatic heterocycles. The van der Waals surface area contributed by atoms with Crippen LogP contribution in [0.3, 0.4) is 0 Å². The van der Waals surface area contributed by atoms with Gasteiger partial charge in [0.1, 0.15) is 11.6 Å². The van der Waals surface area contributed by atoms with Crippen molar-refractivity contribution in [3.63, 3.8) is 0 Å². The number of piperidine rings is 1. The topological polar surface area (TPSA) is 67.9 Å². The summed E-state index contributed by atoms with van der Waals surface area (Å²) in [4.78, 5) is 26.1. The second-order valence-electron chi connectivity index (χ2n) is 7.32. The van der Waals surface area contributed by atoms with Gasteiger partial charge in [-0.3, -0.25) is 0 Å². The third-order valence-corrected chi connectivity index (χ3v) is 4.21. The average Bonchev–Trinajstić information content (AvgIpc) is 2.58. The summed E-state index contributed by atoms with van der Waals surface area (Å²) in [5.74, 6) is -0.175. The molecule has 1 unspecified atom stereocenters. The summed E-state index contributed by atoms with van der Waals surface area (Å²) in [6.07, 6.45) is 1.15. The molecule has 1 heterocycles. The highest BCUT2D eigenvalue weighted by atomic mass is 16.6. The Balaban J connectivity index is 1.97. The van der Waals surface area contributed by atoms with Crippen molar-refractivity contribution < 1.29 is 19.1 Å². The summed E-state index contributed by atoms with van der Waals surface area (Å²) in [7, 11) is 1.40. The van der Waals surface area contributed by atoms with Crippen LogP contribution in [0.15, 0.2) is 30.3 Å². The first-order valence-corrected chi connectivity index (χ1v) is 8.67. The molecule has 1 N–H and O–H groups in total. The maximum Gasteiger partial charge on any atom is 0.410 e. The van der Waals surface area contributed by atoms with Crippen LogP contribution in [-0.4, -0.2) is 48.8 Å². The lowest BCUT2D eigenvalue weighted by Crippen LogP contribution is -2.47. The number of hydrogen-bond acceptors (Lipinski definition) is 5. The van der Waals surface area contributed by atoms with Gasteiger partial charge in [-0.2, -0.15) is 0 Å². The van der Waals surface area contributed by atoms with Gasteiger partial charge < -0.3 is 19.7 Å². The number of nitrogens with zero attached hydrogens (tertiary/aromatic N) is 1. The number of carbonyl (C=O) groups is 2. The summed E-state index contributed by atoms with van der Waals surface area (Å²) < 4.78 is 10.4. The number of ether oxygens (including phenoxy) is 2. The molecule has 0 saturated carbocycles. The lowest BCUT2D eigenvalue weighted by molar-refractivity contribution is -0.143. The summed E-state index contributed by atoms with van der Waals surface area (Å²) in [5, 5.41) is 3.27. The van der Waals surface area contributed by atoms with Crippen LogP contribution in [0.4, 0.5) is 10.5 Å². The molecule has 138 valence electrons. The average molecular weight is 348 g/mol. The highest BCUT2D eigenvalue weighted by Gasteiger charge is 2.34. The van der Waals surface area contributed by atoms with E-state index in [2.05, 4.69) is 5.32 Å². The number of esters is 1. The maximum atomic E-state index is 12.2. The largest absolute Gasteiger partial charge is 0.467 e. The summed E-state index contributed by atoms with van der Waals surface area (Å²) in [6, 6.07) is 9.19. The van der Waals surface area contributed by atoms with E-state index in [9.17, 15) is 9.59 Å². The molecule has 0 radical (unpaired) electrons. The number of likely N-dealkylation sites (tertiary alicyclic amines) is 1. The monoisotopic (exact) mass is 348 g/mol. The predicted molar refractivity (Wildman–Crippen MR) is 96.4 cm³/mol. The van der Waals surface area contributed by atoms with Gasteiger partial charge in [0.15, 0.2) is 0 Å². The molecule has 1 aliphatic heterocycles. The zero-order valence-electron chi connectivity index (χ0n) is 15.5. The fourth-order valence-corrected chi connectivity index (χ4v) is 2.95. The first-order chi connectivity index (χ1) is 11.8. The van der Waals surface area contributed by atoms with E-state index >= 15 is 0 Å². The van der Waals surface area contributed by atoms with Gasteiger partial charge in [0.2, 0.25) is 0 Å². The third-order valence-electron chi connectivity index (χ3n) is 4.21. The second kappa shape index (κ2) is 8.23. The molecule has 0 bridgehead atoms. The molecule has 1 saturated heterocycles. The molecule has 2 rings (SSSR count). The quantitative estimate of drug-likeness (QED) is 0.846. The molecule has 0 aliphatic carbocycles. The van der Waals surface area contributed by atoms with E-state index in [0.717, 1.165) is 18.5 Å². The number of benzene rings is 1. The van der Waals surface area contributed by atoms with Crippen molar-refractivity contribution in [1.29, 1.82) is 0 Å². The molecule has 1 aromatic rings. The van der Waals surface area contributed by atoms with E-state index in [-0.39, 0.29) is 18.0 Å². The van der Waals surface area contributed by atoms with Gasteiger partial charge in [-0.1, -0.05) is 18.2 Å². The predicted octanol–water partition coefficient (Wildman–Crippen LogP) is 3.29. The van der Waals surface area contributed by atoms with Crippen LogP contribution in [0.25, 0.3) is 0 Å². The van der Waals surface area contributed by atoms with Crippen LogP contribution in [-0.2, 0) is 14.3 Å². The van der Waals surface area contributed by atoms with Crippen LogP contribution < -0.4 is 5.32 Å². The van der Waals surface area contributed by atoms with Gasteiger partial charge in [0.05, 0.1) is 7.11 Å². The normalized spacial score (nSPS) is 16.9. The van der Waals surface area contributed by atoms with Crippen molar-refractivity contribution in [2.75, 3.05) is 25.5 Å². The molecule has 1 aliphatic rings. The number of anilines is 1. The SMILES string of the molecule is COC(=O)C(Nc1ccccc1)C1CCN(C(=O)OC(C)(C)C)CC1. The summed E-state index contributed by atoms with van der Waals surface area (Å²) >= 11 is 0. The van der Waals surface area contributed by atoms with Gasteiger partial charge in [-0.05, 0) is 51.7 Å². The van der Waals surface area contributed by atoms with Gasteiger partial charge >= 0.3 is 12.1 Å². The van der Waals surface area contributed by atoms with Gasteiger partial charge in [0.25, 0.3) is 0 Å². The third kappa shape index (κ3) is 5.66. The highest BCUT2D eigenvalue weighted by molar-refractivity contribution is 5.79. The van der Waals surface area contributed by atoms with E-state index in [1.165, 1.54) is 7.11 Å². The van der Waals surface area contributed by atoms with Crippen molar-refractivity contribution >= 4 is 17.7 Å². The Bertz CT molecular complexity index is 575. The standard InChI is InChI=1S/C19H28N2O4/c1-19(2,3)25-18(23)21-12-10-14(11-13-21)16(17(22)24-4)20-15-8-6-5-7-9-15/h5-9,14,16,20H,10-13H2,1-4H3. The Morgan fingerprint density at radius 1 is 1.16 bits per heavy atom. The minimum Gasteiger partial charge on any atom is -0.467 e. The molecular weight excluding hydrogens is 320 g/mol. The van der Waals surface area contributed by atoms with Crippen molar-refractivity contribution in [2.24, 2.45) is 5.92 Å². The van der Waals surface area contributed by atoms with Crippen LogP contribution >= 0.6 is 0 Å². The maximum absolute atomic E-state index is 12.2. The highest BCUT2D eigenvalue weighted by Crippen LogP contribution is 2.25. The first-order valence-electron chi connectivity index (χ1n) is 8.67. The Morgan fingerprint density at radius 3 is 2.28 bits per heavy atom. The number of methoxy groups -OCH3 is 1. The number of amides is 1. The van der Waals surface area contributed by atoms with Crippen LogP contribution in [0.1, 0.15) is 33.6 Å². The molecule has 6 heteroatoms. The lowest BCUT2D eigenvalue weighted by Gasteiger charge is -2.36. The molecule has 0 spiro atoms. The van der Waals surface area contributed by atoms with E-state index in [0.29, 0.717) is 13.1 Å². The molecule has 1 aromatic carbocycles. The van der Waals surface area contributed by atoms with E-state index in [4.69, 9.17) is 9.47 Å². The number of hydrogen-bond donors (Lipinski definition) is 1. The zero-order chi connectivity index (χ0) is 18.4. The fraction of sp³-hybridized carbons (Fsp3) is 0.579. The minimum atomic E-state index is -0.503. The molecule has 1 amide bonds. The van der Waals surface area contributed by atoms with Gasteiger partial charge in [-0.25, -0.2) is 9.59 Å². The summed E-state index contributed by atoms with van der Waals surface area (Å²) in [6.45, 7) is 6.71. The lowest BCUT2D eigenvalue weighted by atomic mass is 9.89. The van der Waals surface area contributed by atoms with Crippen molar-refractivity contribution in [3.05, 3.63) is 30.3 Å². The van der Waals surface area contributed by atoms with Gasteiger partial charge in [0, 0.05) is 18.8 Å². The molecule has 1 fully saturated rings. The smallest absolute Gasteiger partial charge is 0.410 e. The molecular formula is C19H28N2O4. The fourth-order valence-electron chi connectivity index (χ4n) is 2.95. The van der Waals surface area contributed by atoms with E-state index < -0.39 is 11.6 Å². The van der Waals surface area contributed by atoms with E-state index in [1.54, 1.807) is 4.90 Å². The minimum absolute atomic E-state index is 0.103. The van der Waals surface area contributed by atoms with Crippen LogP contribution in [0.2, 0.25) is 0 Å². The van der Waals surface area contributed by atoms with E-state index in [1.807, 2.05) is 51.1 Å². The number of rotatable bonds is 4. The van der Waals surface area contributed by atoms with Crippen molar-refractivity contribution in [2.45, 2.75) is 45.3 Å². The Morgan fingerprint density at radius 2 is 1.76 bits per heavy atom. The second-order valence-corrected chi connectivity index (χ2v) is 7.32. The first kappa shape index (κ1) is 19.1.